The molecule has 1 heterocycles. The molecule has 1 amide bonds. The number of nitrogens with one attached hydrogen (secondary N) is 1. The first-order valence-electron chi connectivity index (χ1n) is 8.50. The Balaban J connectivity index is 1.39. The normalized spacial score (nSPS) is 11.9. The average molecular weight is 351 g/mol. The third-order valence-corrected chi connectivity index (χ3v) is 3.93. The molecule has 0 aliphatic carbocycles. The Labute approximate surface area is 152 Å². The number of carbonyl (C=O) groups excluding carboxylic acids is 1. The largest absolute Gasteiger partial charge is 0.362 e. The monoisotopic (exact) mass is 351 g/mol. The second-order valence-corrected chi connectivity index (χ2v) is 5.99. The number of amides is 1. The van der Waals surface area contributed by atoms with Crippen LogP contribution in [0.3, 0.4) is 0 Å². The maximum Gasteiger partial charge on any atom is 0.252 e. The van der Waals surface area contributed by atoms with Gasteiger partial charge in [-0.1, -0.05) is 72.7 Å². The summed E-state index contributed by atoms with van der Waals surface area (Å²) in [5, 5.41) is 6.78. The van der Waals surface area contributed by atoms with E-state index in [0.717, 1.165) is 5.56 Å². The molecule has 0 spiro atoms. The van der Waals surface area contributed by atoms with E-state index in [1.54, 1.807) is 0 Å². The first kappa shape index (κ1) is 17.8. The van der Waals surface area contributed by atoms with Crippen LogP contribution in [0.2, 0.25) is 0 Å². The van der Waals surface area contributed by atoms with Gasteiger partial charge < -0.3 is 14.6 Å². The van der Waals surface area contributed by atoms with Crippen molar-refractivity contribution in [1.29, 1.82) is 0 Å². The first-order valence-corrected chi connectivity index (χ1v) is 8.50. The van der Waals surface area contributed by atoms with Gasteiger partial charge in [0, 0.05) is 12.1 Å². The van der Waals surface area contributed by atoms with Gasteiger partial charge in [0.25, 0.3) is 5.89 Å². The Morgan fingerprint density at radius 2 is 1.81 bits per heavy atom. The van der Waals surface area contributed by atoms with E-state index >= 15 is 0 Å². The molecule has 6 nitrogen and oxygen atoms in total. The summed E-state index contributed by atoms with van der Waals surface area (Å²) in [6, 6.07) is 19.6. The first-order chi connectivity index (χ1) is 12.7. The summed E-state index contributed by atoms with van der Waals surface area (Å²) in [4.78, 5) is 16.1. The molecular formula is C20H21N3O3. The third-order valence-electron chi connectivity index (χ3n) is 3.93. The maximum absolute atomic E-state index is 11.9. The zero-order valence-electron chi connectivity index (χ0n) is 14.6. The molecular weight excluding hydrogens is 330 g/mol. The molecule has 1 N–H and O–H groups in total. The molecule has 26 heavy (non-hydrogen) atoms. The van der Waals surface area contributed by atoms with E-state index in [-0.39, 0.29) is 25.0 Å². The lowest BCUT2D eigenvalue weighted by Crippen LogP contribution is -2.30. The zero-order valence-corrected chi connectivity index (χ0v) is 14.6. The molecule has 3 aromatic rings. The molecule has 1 aromatic heterocycles. The topological polar surface area (TPSA) is 77.2 Å². The number of hydrogen-bond donors (Lipinski definition) is 1. The van der Waals surface area contributed by atoms with Crippen molar-refractivity contribution in [2.24, 2.45) is 0 Å². The van der Waals surface area contributed by atoms with Crippen LogP contribution in [0.15, 0.2) is 65.2 Å². The number of rotatable bonds is 8. The second-order valence-electron chi connectivity index (χ2n) is 5.99. The molecule has 0 aliphatic heterocycles. The number of nitrogens with zero attached hydrogens (tertiary/aromatic N) is 2. The van der Waals surface area contributed by atoms with E-state index in [0.29, 0.717) is 18.3 Å². The highest BCUT2D eigenvalue weighted by atomic mass is 16.5. The number of benzene rings is 2. The van der Waals surface area contributed by atoms with Crippen molar-refractivity contribution in [3.63, 3.8) is 0 Å². The molecule has 0 aliphatic rings. The van der Waals surface area contributed by atoms with Crippen LogP contribution in [0.25, 0.3) is 11.4 Å². The Bertz CT molecular complexity index is 819. The van der Waals surface area contributed by atoms with Gasteiger partial charge in [0.15, 0.2) is 0 Å². The van der Waals surface area contributed by atoms with Crippen LogP contribution in [0.5, 0.6) is 0 Å². The predicted octanol–water partition coefficient (Wildman–Crippen LogP) is 3.17. The number of aromatic nitrogens is 2. The average Bonchev–Trinajstić information content (AvgIpc) is 3.16. The SMILES string of the molecule is C[C@H](CNC(=O)COCc1nc(-c2ccccc2)no1)c1ccccc1. The molecule has 0 saturated carbocycles. The van der Waals surface area contributed by atoms with Crippen LogP contribution >= 0.6 is 0 Å². The van der Waals surface area contributed by atoms with Crippen molar-refractivity contribution in [1.82, 2.24) is 15.5 Å². The van der Waals surface area contributed by atoms with Crippen LogP contribution in [0, 0.1) is 0 Å². The molecule has 0 unspecified atom stereocenters. The van der Waals surface area contributed by atoms with Gasteiger partial charge in [-0.25, -0.2) is 0 Å². The van der Waals surface area contributed by atoms with Crippen molar-refractivity contribution < 1.29 is 14.1 Å². The lowest BCUT2D eigenvalue weighted by molar-refractivity contribution is -0.126. The minimum Gasteiger partial charge on any atom is -0.362 e. The molecule has 0 radical (unpaired) electrons. The van der Waals surface area contributed by atoms with Crippen molar-refractivity contribution in [3.8, 4) is 11.4 Å². The number of hydrogen-bond acceptors (Lipinski definition) is 5. The van der Waals surface area contributed by atoms with Crippen LogP contribution in [0.1, 0.15) is 24.3 Å². The van der Waals surface area contributed by atoms with E-state index < -0.39 is 0 Å². The van der Waals surface area contributed by atoms with E-state index in [9.17, 15) is 4.79 Å². The fourth-order valence-electron chi connectivity index (χ4n) is 2.47. The Kier molecular flexibility index (Phi) is 6.11. The molecule has 1 atom stereocenters. The predicted molar refractivity (Wildman–Crippen MR) is 97.3 cm³/mol. The molecule has 0 bridgehead atoms. The molecule has 0 saturated heterocycles. The van der Waals surface area contributed by atoms with E-state index in [1.807, 2.05) is 60.7 Å². The van der Waals surface area contributed by atoms with Gasteiger partial charge in [0.1, 0.15) is 13.2 Å². The summed E-state index contributed by atoms with van der Waals surface area (Å²) in [5.41, 5.74) is 2.06. The van der Waals surface area contributed by atoms with Crippen LogP contribution in [-0.4, -0.2) is 29.2 Å². The summed E-state index contributed by atoms with van der Waals surface area (Å²) >= 11 is 0. The Morgan fingerprint density at radius 1 is 1.12 bits per heavy atom. The van der Waals surface area contributed by atoms with Gasteiger partial charge in [-0.15, -0.1) is 0 Å². The molecule has 0 fully saturated rings. The highest BCUT2D eigenvalue weighted by molar-refractivity contribution is 5.77. The standard InChI is InChI=1S/C20H21N3O3/c1-15(16-8-4-2-5-9-16)12-21-18(24)13-25-14-19-22-20(23-26-19)17-10-6-3-7-11-17/h2-11,15H,12-14H2,1H3,(H,21,24)/t15-/m1/s1. The second kappa shape index (κ2) is 8.92. The minimum atomic E-state index is -0.171. The van der Waals surface area contributed by atoms with Crippen LogP contribution < -0.4 is 5.32 Å². The van der Waals surface area contributed by atoms with Gasteiger partial charge in [-0.3, -0.25) is 4.79 Å². The number of ether oxygens (including phenoxy) is 1. The van der Waals surface area contributed by atoms with Gasteiger partial charge in [0.2, 0.25) is 11.7 Å². The van der Waals surface area contributed by atoms with Gasteiger partial charge in [-0.2, -0.15) is 4.98 Å². The van der Waals surface area contributed by atoms with E-state index in [2.05, 4.69) is 22.4 Å². The highest BCUT2D eigenvalue weighted by Gasteiger charge is 2.10. The van der Waals surface area contributed by atoms with Gasteiger partial charge in [-0.05, 0) is 11.5 Å². The minimum absolute atomic E-state index is 0.0510. The van der Waals surface area contributed by atoms with Crippen molar-refractivity contribution >= 4 is 5.91 Å². The summed E-state index contributed by atoms with van der Waals surface area (Å²) in [5.74, 6) is 0.916. The molecule has 2 aromatic carbocycles. The Morgan fingerprint density at radius 3 is 2.54 bits per heavy atom. The molecule has 3 rings (SSSR count). The van der Waals surface area contributed by atoms with Crippen molar-refractivity contribution in [2.75, 3.05) is 13.2 Å². The number of carbonyl (C=O) groups is 1. The molecule has 6 heteroatoms. The maximum atomic E-state index is 11.9. The Hall–Kier alpha value is -2.99. The summed E-state index contributed by atoms with van der Waals surface area (Å²) < 4.78 is 10.5. The quantitative estimate of drug-likeness (QED) is 0.674. The van der Waals surface area contributed by atoms with Gasteiger partial charge >= 0.3 is 0 Å². The zero-order chi connectivity index (χ0) is 18.2. The third kappa shape index (κ3) is 5.00. The van der Waals surface area contributed by atoms with Crippen molar-refractivity contribution in [3.05, 3.63) is 72.1 Å². The van der Waals surface area contributed by atoms with E-state index in [1.165, 1.54) is 5.56 Å². The highest BCUT2D eigenvalue weighted by Crippen LogP contribution is 2.15. The van der Waals surface area contributed by atoms with Crippen molar-refractivity contribution in [2.45, 2.75) is 19.4 Å². The fraction of sp³-hybridized carbons (Fsp3) is 0.250. The lowest BCUT2D eigenvalue weighted by Gasteiger charge is -2.12. The smallest absolute Gasteiger partial charge is 0.252 e. The van der Waals surface area contributed by atoms with Gasteiger partial charge in [0.05, 0.1) is 0 Å². The van der Waals surface area contributed by atoms with Crippen LogP contribution in [0.4, 0.5) is 0 Å². The fourth-order valence-corrected chi connectivity index (χ4v) is 2.47. The summed E-state index contributed by atoms with van der Waals surface area (Å²) in [6.45, 7) is 2.68. The lowest BCUT2D eigenvalue weighted by atomic mass is 10.0. The summed E-state index contributed by atoms with van der Waals surface area (Å²) in [7, 11) is 0. The van der Waals surface area contributed by atoms with E-state index in [4.69, 9.17) is 9.26 Å². The summed E-state index contributed by atoms with van der Waals surface area (Å²) in [6.07, 6.45) is 0. The molecule has 134 valence electrons. The van der Waals surface area contributed by atoms with Crippen LogP contribution in [-0.2, 0) is 16.1 Å².